The molecule has 0 bridgehead atoms. The topological polar surface area (TPSA) is 75.8 Å². The van der Waals surface area contributed by atoms with E-state index >= 15 is 0 Å². The van der Waals surface area contributed by atoms with E-state index in [1.165, 1.54) is 6.07 Å². The van der Waals surface area contributed by atoms with Crippen molar-refractivity contribution in [1.82, 2.24) is 9.97 Å². The molecule has 0 spiro atoms. The Bertz CT molecular complexity index is 2320. The first-order chi connectivity index (χ1) is 22.9. The van der Waals surface area contributed by atoms with Crippen molar-refractivity contribution in [3.63, 3.8) is 0 Å². The molecule has 3 heterocycles. The van der Waals surface area contributed by atoms with Crippen molar-refractivity contribution in [2.45, 2.75) is 20.3 Å². The summed E-state index contributed by atoms with van der Waals surface area (Å²) in [6.45, 7) is -3.15. The first kappa shape index (κ1) is 19.8. The van der Waals surface area contributed by atoms with Gasteiger partial charge in [0, 0.05) is 30.8 Å². The minimum absolute atomic E-state index is 0.246. The molecule has 0 aliphatic carbocycles. The summed E-state index contributed by atoms with van der Waals surface area (Å²) in [5.74, 6) is 0.378. The molecule has 0 radical (unpaired) electrons. The average Bonchev–Trinajstić information content (AvgIpc) is 3.73. The second-order valence-electron chi connectivity index (χ2n) is 10.3. The Morgan fingerprint density at radius 2 is 1.45 bits per heavy atom. The van der Waals surface area contributed by atoms with Crippen molar-refractivity contribution in [3.8, 4) is 28.7 Å². The summed E-state index contributed by atoms with van der Waals surface area (Å²) in [6.07, 6.45) is 2.73. The van der Waals surface area contributed by atoms with Gasteiger partial charge in [-0.1, -0.05) is 79.3 Å². The van der Waals surface area contributed by atoms with Crippen molar-refractivity contribution in [1.29, 1.82) is 5.26 Å². The molecule has 4 aromatic carbocycles. The molecule has 0 saturated heterocycles. The van der Waals surface area contributed by atoms with E-state index in [0.29, 0.717) is 49.9 Å². The van der Waals surface area contributed by atoms with E-state index in [1.807, 2.05) is 42.5 Å². The molecule has 0 unspecified atom stereocenters. The quantitative estimate of drug-likeness (QED) is 0.212. The van der Waals surface area contributed by atoms with Gasteiger partial charge in [0.25, 0.3) is 0 Å². The van der Waals surface area contributed by atoms with Gasteiger partial charge >= 0.3 is 0 Å². The van der Waals surface area contributed by atoms with Gasteiger partial charge in [-0.15, -0.1) is 0 Å². The number of hydrogen-bond acceptors (Lipinski definition) is 5. The van der Waals surface area contributed by atoms with Crippen LogP contribution in [0.4, 0.5) is 0 Å². The van der Waals surface area contributed by atoms with Gasteiger partial charge in [0.05, 0.1) is 23.0 Å². The number of aryl methyl sites for hydroxylation is 2. The van der Waals surface area contributed by atoms with Crippen LogP contribution in [-0.2, 0) is 0 Å². The fourth-order valence-corrected chi connectivity index (χ4v) is 8.76. The first-order valence-electron chi connectivity index (χ1n) is 16.4. The van der Waals surface area contributed by atoms with Gasteiger partial charge in [-0.3, -0.25) is 4.98 Å². The van der Waals surface area contributed by atoms with E-state index in [4.69, 9.17) is 22.0 Å². The molecule has 202 valence electrons. The maximum atomic E-state index is 10.2. The van der Waals surface area contributed by atoms with Crippen LogP contribution in [0.25, 0.3) is 44.5 Å². The molecule has 0 N–H and O–H groups in total. The van der Waals surface area contributed by atoms with Crippen LogP contribution in [0.2, 0.25) is 6.55 Å². The molecule has 0 aliphatic heterocycles. The number of furan rings is 1. The summed E-state index contributed by atoms with van der Waals surface area (Å²) in [5.41, 5.74) is 2.25. The van der Waals surface area contributed by atoms with Crippen molar-refractivity contribution in [3.05, 3.63) is 126 Å². The lowest BCUT2D eigenvalue weighted by molar-refractivity contribution is 0.604. The van der Waals surface area contributed by atoms with Gasteiger partial charge < -0.3 is 8.83 Å². The fourth-order valence-electron chi connectivity index (χ4n) is 5.58. The first-order valence-corrected chi connectivity index (χ1v) is 15.9. The van der Waals surface area contributed by atoms with Crippen molar-refractivity contribution in [2.75, 3.05) is 0 Å². The van der Waals surface area contributed by atoms with Gasteiger partial charge in [-0.2, -0.15) is 5.26 Å². The molecule has 7 aromatic rings. The largest absolute Gasteiger partial charge is 0.455 e. The normalized spacial score (nSPS) is 14.4. The van der Waals surface area contributed by atoms with Crippen molar-refractivity contribution in [2.24, 2.45) is 0 Å². The number of para-hydroxylation sites is 1. The summed E-state index contributed by atoms with van der Waals surface area (Å²) in [4.78, 5) is 9.18. The Hall–Kier alpha value is -5.25. The van der Waals surface area contributed by atoms with Crippen LogP contribution in [0, 0.1) is 25.0 Å². The smallest absolute Gasteiger partial charge is 0.214 e. The highest BCUT2D eigenvalue weighted by Gasteiger charge is 2.39. The van der Waals surface area contributed by atoms with Gasteiger partial charge in [0.15, 0.2) is 11.3 Å². The van der Waals surface area contributed by atoms with Crippen molar-refractivity contribution >= 4 is 45.9 Å². The molecule has 0 aliphatic rings. The maximum absolute atomic E-state index is 10.2. The Morgan fingerprint density at radius 3 is 2.14 bits per heavy atom. The molecule has 7 rings (SSSR count). The van der Waals surface area contributed by atoms with Gasteiger partial charge in [-0.05, 0) is 59.5 Å². The number of nitriles is 1. The molecular weight excluding hydrogens is 535 g/mol. The van der Waals surface area contributed by atoms with Crippen LogP contribution in [0.3, 0.4) is 0 Å². The van der Waals surface area contributed by atoms with E-state index in [9.17, 15) is 5.26 Å². The zero-order valence-electron chi connectivity index (χ0n) is 28.6. The van der Waals surface area contributed by atoms with E-state index in [-0.39, 0.29) is 16.8 Å². The monoisotopic (exact) mass is 567 g/mol. The van der Waals surface area contributed by atoms with Crippen LogP contribution < -0.4 is 15.9 Å². The van der Waals surface area contributed by atoms with Crippen molar-refractivity contribution < 1.29 is 17.1 Å². The lowest BCUT2D eigenvalue weighted by Crippen LogP contribution is -2.65. The molecule has 0 atom stereocenters. The Morgan fingerprint density at radius 1 is 0.738 bits per heavy atom. The van der Waals surface area contributed by atoms with E-state index in [0.717, 1.165) is 16.6 Å². The van der Waals surface area contributed by atoms with E-state index in [2.05, 4.69) is 41.9 Å². The number of hydrogen-bond donors (Lipinski definition) is 0. The van der Waals surface area contributed by atoms with E-state index in [1.54, 1.807) is 30.5 Å². The van der Waals surface area contributed by atoms with Crippen LogP contribution in [-0.4, -0.2) is 18.0 Å². The second kappa shape index (κ2) is 9.98. The third-order valence-electron chi connectivity index (χ3n) is 7.85. The molecule has 3 aromatic heterocycles. The van der Waals surface area contributed by atoms with Crippen LogP contribution in [0.15, 0.2) is 118 Å². The minimum atomic E-state index is -2.69. The Balaban J connectivity index is 1.43. The van der Waals surface area contributed by atoms with E-state index < -0.39 is 21.8 Å². The summed E-state index contributed by atoms with van der Waals surface area (Å²) < 4.78 is 60.7. The SMILES string of the molecule is [2H]C([2H])([2H])c1cnc(-c2cccc3c2oc2c(-c4cnc([Si](C)(c5ccccc5)c5ccccc5)o4)c(C#N)ccc23)cc1C([2H])([2H])[2H]. The molecule has 6 heteroatoms. The number of fused-ring (bicyclic) bond motifs is 3. The summed E-state index contributed by atoms with van der Waals surface area (Å²) >= 11 is 0. The number of benzene rings is 4. The minimum Gasteiger partial charge on any atom is -0.455 e. The summed E-state index contributed by atoms with van der Waals surface area (Å²) in [7, 11) is -2.69. The number of oxazole rings is 1. The van der Waals surface area contributed by atoms with Crippen LogP contribution in [0.5, 0.6) is 0 Å². The molecule has 5 nitrogen and oxygen atoms in total. The standard InChI is InChI=1S/C36H27N3O2Si/c1-23-19-31(38-21-24(23)2)30-16-10-15-28-29-18-17-25(20-37)33(35(29)41-34(28)30)32-22-39-36(40-32)42(3,26-11-6-4-7-12-26)27-13-8-5-9-14-27/h4-19,21-22H,1-3H3/i1D3,2D3. The lowest BCUT2D eigenvalue weighted by Gasteiger charge is -2.24. The predicted molar refractivity (Wildman–Crippen MR) is 170 cm³/mol. The highest BCUT2D eigenvalue weighted by molar-refractivity contribution is 7.09. The highest BCUT2D eigenvalue weighted by Crippen LogP contribution is 2.41. The number of aromatic nitrogens is 2. The van der Waals surface area contributed by atoms with Gasteiger partial charge in [0.1, 0.15) is 17.2 Å². The number of nitrogens with zero attached hydrogens (tertiary/aromatic N) is 3. The van der Waals surface area contributed by atoms with Gasteiger partial charge in [0.2, 0.25) is 8.07 Å². The zero-order chi connectivity index (χ0) is 33.8. The third-order valence-corrected chi connectivity index (χ3v) is 11.9. The number of pyridine rings is 1. The zero-order valence-corrected chi connectivity index (χ0v) is 23.6. The fraction of sp³-hybridized carbons (Fsp3) is 0.0833. The second-order valence-corrected chi connectivity index (χ2v) is 14.1. The third kappa shape index (κ3) is 3.98. The van der Waals surface area contributed by atoms with Crippen LogP contribution >= 0.6 is 0 Å². The average molecular weight is 568 g/mol. The summed E-state index contributed by atoms with van der Waals surface area (Å²) in [6, 6.07) is 32.8. The van der Waals surface area contributed by atoms with Gasteiger partial charge in [-0.25, -0.2) is 4.98 Å². The molecule has 0 amide bonds. The number of rotatable bonds is 5. The molecule has 0 saturated carbocycles. The molecular formula is C36H27N3O2Si. The highest BCUT2D eigenvalue weighted by atomic mass is 28.3. The Kier molecular flexibility index (Phi) is 4.70. The maximum Gasteiger partial charge on any atom is 0.214 e. The predicted octanol–water partition coefficient (Wildman–Crippen LogP) is 6.89. The Labute approximate surface area is 253 Å². The summed E-state index contributed by atoms with van der Waals surface area (Å²) in [5, 5.41) is 13.9. The van der Waals surface area contributed by atoms with Crippen LogP contribution in [0.1, 0.15) is 24.9 Å². The molecule has 42 heavy (non-hydrogen) atoms. The lowest BCUT2D eigenvalue weighted by atomic mass is 10.0. The molecule has 0 fully saturated rings.